The van der Waals surface area contributed by atoms with E-state index in [4.69, 9.17) is 31.8 Å². The highest BCUT2D eigenvalue weighted by molar-refractivity contribution is 6.30. The molecule has 2 bridgehead atoms. The normalized spacial score (nSPS) is 15.6. The van der Waals surface area contributed by atoms with Gasteiger partial charge in [-0.2, -0.15) is 18.4 Å². The number of aliphatic imine (C=N–C) groups is 1. The Morgan fingerprint density at radius 3 is 2.56 bits per heavy atom. The number of amides is 2. The minimum absolute atomic E-state index is 0.197. The van der Waals surface area contributed by atoms with Gasteiger partial charge in [0.25, 0.3) is 6.47 Å². The summed E-state index contributed by atoms with van der Waals surface area (Å²) in [5.74, 6) is 6.22. The van der Waals surface area contributed by atoms with E-state index in [1.807, 2.05) is 18.2 Å². The van der Waals surface area contributed by atoms with Gasteiger partial charge < -0.3 is 36.3 Å². The third-order valence-corrected chi connectivity index (χ3v) is 6.98. The van der Waals surface area contributed by atoms with Crippen molar-refractivity contribution >= 4 is 54.2 Å². The zero-order chi connectivity index (χ0) is 37.1. The Balaban J connectivity index is 0.000000685. The molecule has 14 nitrogen and oxygen atoms in total. The van der Waals surface area contributed by atoms with E-state index < -0.39 is 18.8 Å². The standard InChI is InChI=1S/C28H31ClN8O2.C3H3F3O2.CH3NO/c1-17-5-3-4-6-23(35-26(38)12-7-18-13-19(29)8-11-22(18)32-16-33-31)28-36-25(15-30)27(37-28)21-10-9-20(39-2)14-24(21)34-17;4-3(5,6)1-8-2-7;2-1-3/h7-14,16-17,23,34H,3-6,31H2,1-2H3,(H,32,33)(H,35,38)(H,36,37);2H,1H2;1H,(H2,2,3)/b12-7+;;/t17-,23-;;/m0../s1. The lowest BCUT2D eigenvalue weighted by atomic mass is 10.0. The number of nitrogens with two attached hydrogens (primary N) is 2. The average molecular weight is 720 g/mol. The average Bonchev–Trinajstić information content (AvgIpc) is 3.51. The number of fused-ring (bicyclic) bond motifs is 4. The van der Waals surface area contributed by atoms with Crippen molar-refractivity contribution in [3.63, 3.8) is 0 Å². The summed E-state index contributed by atoms with van der Waals surface area (Å²) < 4.78 is 41.7. The van der Waals surface area contributed by atoms with Crippen LogP contribution in [0, 0.1) is 11.3 Å². The van der Waals surface area contributed by atoms with Crippen molar-refractivity contribution in [1.82, 2.24) is 20.7 Å². The van der Waals surface area contributed by atoms with Crippen LogP contribution in [0.1, 0.15) is 55.7 Å². The Hall–Kier alpha value is -5.60. The van der Waals surface area contributed by atoms with Crippen molar-refractivity contribution < 1.29 is 37.0 Å². The molecule has 4 rings (SSSR count). The molecule has 0 fully saturated rings. The third-order valence-electron chi connectivity index (χ3n) is 6.75. The number of nitriles is 1. The van der Waals surface area contributed by atoms with Crippen molar-refractivity contribution in [1.29, 1.82) is 5.26 Å². The summed E-state index contributed by atoms with van der Waals surface area (Å²) in [5.41, 5.74) is 10.3. The number of methoxy groups -OCH3 is 1. The fraction of sp³-hybridized carbons (Fsp3) is 0.312. The first-order valence-electron chi connectivity index (χ1n) is 14.9. The molecule has 2 aromatic carbocycles. The number of primary amides is 1. The lowest BCUT2D eigenvalue weighted by Gasteiger charge is -2.21. The molecule has 3 aromatic rings. The molecule has 268 valence electrons. The van der Waals surface area contributed by atoms with Crippen LogP contribution in [0.25, 0.3) is 17.3 Å². The van der Waals surface area contributed by atoms with Crippen LogP contribution in [0.2, 0.25) is 5.02 Å². The number of nitrogens with zero attached hydrogens (tertiary/aromatic N) is 3. The molecule has 2 atom stereocenters. The zero-order valence-corrected chi connectivity index (χ0v) is 27.8. The minimum Gasteiger partial charge on any atom is -0.497 e. The number of halogens is 4. The summed E-state index contributed by atoms with van der Waals surface area (Å²) in [7, 11) is 1.62. The summed E-state index contributed by atoms with van der Waals surface area (Å²) in [6.07, 6.45) is 3.68. The Morgan fingerprint density at radius 2 is 1.94 bits per heavy atom. The fourth-order valence-electron chi connectivity index (χ4n) is 4.63. The highest BCUT2D eigenvalue weighted by atomic mass is 35.5. The van der Waals surface area contributed by atoms with Crippen LogP contribution >= 0.6 is 11.6 Å². The Bertz CT molecular complexity index is 1680. The number of nitrogens with one attached hydrogen (secondary N) is 4. The second kappa shape index (κ2) is 20.7. The predicted molar refractivity (Wildman–Crippen MR) is 182 cm³/mol. The first kappa shape index (κ1) is 40.6. The maximum atomic E-state index is 13.0. The number of hydrogen-bond donors (Lipinski definition) is 6. The minimum atomic E-state index is -4.40. The summed E-state index contributed by atoms with van der Waals surface area (Å²) in [4.78, 5) is 42.9. The zero-order valence-electron chi connectivity index (χ0n) is 27.1. The van der Waals surface area contributed by atoms with Gasteiger partial charge in [-0.3, -0.25) is 14.4 Å². The first-order valence-corrected chi connectivity index (χ1v) is 15.3. The van der Waals surface area contributed by atoms with Crippen LogP contribution in [0.3, 0.4) is 0 Å². The number of aromatic amines is 1. The molecule has 1 aliphatic rings. The van der Waals surface area contributed by atoms with Crippen LogP contribution in [0.5, 0.6) is 5.75 Å². The van der Waals surface area contributed by atoms with Gasteiger partial charge in [0.15, 0.2) is 12.3 Å². The number of anilines is 1. The van der Waals surface area contributed by atoms with Crippen LogP contribution < -0.4 is 32.4 Å². The number of carbonyl (C=O) groups is 3. The summed E-state index contributed by atoms with van der Waals surface area (Å²) >= 11 is 6.15. The van der Waals surface area contributed by atoms with Crippen LogP contribution in [0.15, 0.2) is 47.5 Å². The van der Waals surface area contributed by atoms with Gasteiger partial charge in [0.1, 0.15) is 24.0 Å². The summed E-state index contributed by atoms with van der Waals surface area (Å²) in [6, 6.07) is 12.8. The number of ether oxygens (including phenoxy) is 2. The first-order chi connectivity index (χ1) is 23.9. The number of H-pyrrole nitrogens is 1. The van der Waals surface area contributed by atoms with E-state index >= 15 is 0 Å². The number of imidazole rings is 1. The third kappa shape index (κ3) is 13.5. The second-order valence-electron chi connectivity index (χ2n) is 10.4. The van der Waals surface area contributed by atoms with Gasteiger partial charge in [0.2, 0.25) is 12.3 Å². The molecular weight excluding hydrogens is 683 g/mol. The Kier molecular flexibility index (Phi) is 16.8. The summed E-state index contributed by atoms with van der Waals surface area (Å²) in [5, 5.41) is 17.0. The fourth-order valence-corrected chi connectivity index (χ4v) is 4.81. The van der Waals surface area contributed by atoms with Gasteiger partial charge in [0, 0.05) is 40.0 Å². The molecule has 1 aliphatic heterocycles. The van der Waals surface area contributed by atoms with E-state index in [2.05, 4.69) is 54.5 Å². The van der Waals surface area contributed by atoms with Crippen LogP contribution in [-0.4, -0.2) is 61.0 Å². The largest absolute Gasteiger partial charge is 0.497 e. The monoisotopic (exact) mass is 719 g/mol. The van der Waals surface area contributed by atoms with Gasteiger partial charge in [-0.15, -0.1) is 0 Å². The molecule has 50 heavy (non-hydrogen) atoms. The van der Waals surface area contributed by atoms with Crippen molar-refractivity contribution in [2.24, 2.45) is 16.6 Å². The van der Waals surface area contributed by atoms with Crippen LogP contribution in [-0.2, 0) is 19.1 Å². The van der Waals surface area contributed by atoms with E-state index in [1.165, 1.54) is 12.4 Å². The molecule has 0 saturated heterocycles. The second-order valence-corrected chi connectivity index (χ2v) is 10.8. The molecule has 2 heterocycles. The molecule has 8 N–H and O–H groups in total. The molecule has 0 radical (unpaired) electrons. The smallest absolute Gasteiger partial charge is 0.422 e. The van der Waals surface area contributed by atoms with Gasteiger partial charge in [-0.25, -0.2) is 15.8 Å². The lowest BCUT2D eigenvalue weighted by molar-refractivity contribution is -0.177. The maximum absolute atomic E-state index is 13.0. The van der Waals surface area contributed by atoms with Crippen molar-refractivity contribution in [3.05, 3.63) is 64.6 Å². The Labute approximate surface area is 291 Å². The lowest BCUT2D eigenvalue weighted by Crippen LogP contribution is -2.28. The number of hydrogen-bond acceptors (Lipinski definition) is 10. The van der Waals surface area contributed by atoms with Gasteiger partial charge in [-0.1, -0.05) is 24.4 Å². The molecule has 0 saturated carbocycles. The van der Waals surface area contributed by atoms with Gasteiger partial charge >= 0.3 is 6.18 Å². The Morgan fingerprint density at radius 1 is 1.22 bits per heavy atom. The van der Waals surface area contributed by atoms with Crippen molar-refractivity contribution in [2.75, 3.05) is 19.0 Å². The van der Waals surface area contributed by atoms with E-state index in [0.717, 1.165) is 30.5 Å². The van der Waals surface area contributed by atoms with Crippen molar-refractivity contribution in [2.45, 2.75) is 50.9 Å². The molecule has 1 aromatic heterocycles. The van der Waals surface area contributed by atoms with Crippen LogP contribution in [0.4, 0.5) is 24.5 Å². The molecule has 0 spiro atoms. The van der Waals surface area contributed by atoms with E-state index in [1.54, 1.807) is 31.4 Å². The number of benzene rings is 2. The highest BCUT2D eigenvalue weighted by Gasteiger charge is 2.28. The number of alkyl halides is 3. The van der Waals surface area contributed by atoms with E-state index in [0.29, 0.717) is 40.0 Å². The highest BCUT2D eigenvalue weighted by Crippen LogP contribution is 2.35. The quantitative estimate of drug-likeness (QED) is 0.0466. The molecule has 18 heteroatoms. The number of aromatic nitrogens is 2. The SMILES string of the molecule is COc1ccc2c(c1)N[C@@H](C)CCCC[C@H](NC(=O)/C=C/c1cc(Cl)ccc1N=CNN)c1nc(C#N)c-2[nH]1.NC=O.O=COCC(F)(F)F. The van der Waals surface area contributed by atoms with Gasteiger partial charge in [0.05, 0.1) is 24.5 Å². The molecular formula is C32H37ClF3N9O5. The van der Waals surface area contributed by atoms with Crippen molar-refractivity contribution in [3.8, 4) is 23.1 Å². The number of rotatable bonds is 8. The molecule has 2 amide bonds. The van der Waals surface area contributed by atoms with Gasteiger partial charge in [-0.05, 0) is 56.2 Å². The number of hydrazine groups is 1. The molecule has 0 aliphatic carbocycles. The molecule has 0 unspecified atom stereocenters. The predicted octanol–water partition coefficient (Wildman–Crippen LogP) is 4.80. The number of carbonyl (C=O) groups excluding carboxylic acids is 3. The van der Waals surface area contributed by atoms with E-state index in [-0.39, 0.29) is 30.5 Å². The summed E-state index contributed by atoms with van der Waals surface area (Å²) in [6.45, 7) is 0.379. The maximum Gasteiger partial charge on any atom is 0.422 e. The van der Waals surface area contributed by atoms with E-state index in [9.17, 15) is 23.2 Å². The topological polar surface area (TPSA) is 223 Å².